The lowest BCUT2D eigenvalue weighted by Gasteiger charge is -2.34. The fraction of sp³-hybridized carbons (Fsp3) is 0.571. The van der Waals surface area contributed by atoms with Gasteiger partial charge in [0.2, 0.25) is 0 Å². The van der Waals surface area contributed by atoms with Crippen molar-refractivity contribution >= 4 is 0 Å². The Kier molecular flexibility index (Phi) is 4.97. The highest BCUT2D eigenvalue weighted by Gasteiger charge is 2.26. The van der Waals surface area contributed by atoms with Crippen LogP contribution in [-0.2, 0) is 0 Å². The van der Waals surface area contributed by atoms with Gasteiger partial charge >= 0.3 is 0 Å². The minimum atomic E-state index is 0.409. The molecule has 0 aliphatic heterocycles. The first-order valence-electron chi connectivity index (χ1n) is 5.99. The lowest BCUT2D eigenvalue weighted by molar-refractivity contribution is 0.175. The molecule has 2 unspecified atom stereocenters. The van der Waals surface area contributed by atoms with Gasteiger partial charge in [-0.1, -0.05) is 44.2 Å². The van der Waals surface area contributed by atoms with Crippen LogP contribution in [0, 0.1) is 11.8 Å². The third-order valence-corrected chi connectivity index (χ3v) is 3.23. The van der Waals surface area contributed by atoms with Crippen molar-refractivity contribution in [3.8, 4) is 0 Å². The Labute approximate surface area is 99.5 Å². The van der Waals surface area contributed by atoms with Crippen molar-refractivity contribution in [1.29, 1.82) is 0 Å². The van der Waals surface area contributed by atoms with Gasteiger partial charge in [0, 0.05) is 6.04 Å². The van der Waals surface area contributed by atoms with E-state index in [0.717, 1.165) is 6.54 Å². The first-order valence-corrected chi connectivity index (χ1v) is 5.99. The molecular weight excluding hydrogens is 196 g/mol. The maximum atomic E-state index is 5.92. The van der Waals surface area contributed by atoms with Gasteiger partial charge in [0.05, 0.1) is 0 Å². The molecule has 0 saturated carbocycles. The fourth-order valence-electron chi connectivity index (χ4n) is 2.34. The smallest absolute Gasteiger partial charge is 0.0384 e. The standard InChI is InChI=1S/C14H24N2/c1-11(2)13(10-15)14(16(3)4)12-8-6-5-7-9-12/h5-9,11,13-14H,10,15H2,1-4H3. The molecule has 90 valence electrons. The SMILES string of the molecule is CC(C)C(CN)C(c1ccccc1)N(C)C. The lowest BCUT2D eigenvalue weighted by Crippen LogP contribution is -2.35. The first-order chi connectivity index (χ1) is 7.57. The summed E-state index contributed by atoms with van der Waals surface area (Å²) in [5.41, 5.74) is 7.28. The molecule has 0 bridgehead atoms. The summed E-state index contributed by atoms with van der Waals surface area (Å²) in [5.74, 6) is 1.09. The van der Waals surface area contributed by atoms with Crippen LogP contribution in [0.15, 0.2) is 30.3 Å². The van der Waals surface area contributed by atoms with E-state index in [1.807, 2.05) is 0 Å². The third-order valence-electron chi connectivity index (χ3n) is 3.23. The predicted octanol–water partition coefficient (Wildman–Crippen LogP) is 2.52. The summed E-state index contributed by atoms with van der Waals surface area (Å²) in [6.07, 6.45) is 0. The van der Waals surface area contributed by atoms with E-state index in [1.54, 1.807) is 0 Å². The van der Waals surface area contributed by atoms with Crippen LogP contribution in [0.2, 0.25) is 0 Å². The highest BCUT2D eigenvalue weighted by molar-refractivity contribution is 5.20. The van der Waals surface area contributed by atoms with Crippen LogP contribution >= 0.6 is 0 Å². The van der Waals surface area contributed by atoms with Crippen molar-refractivity contribution in [2.75, 3.05) is 20.6 Å². The molecule has 0 amide bonds. The number of nitrogens with zero attached hydrogens (tertiary/aromatic N) is 1. The van der Waals surface area contributed by atoms with Crippen molar-refractivity contribution in [1.82, 2.24) is 4.90 Å². The van der Waals surface area contributed by atoms with Crippen molar-refractivity contribution in [3.63, 3.8) is 0 Å². The van der Waals surface area contributed by atoms with Gasteiger partial charge in [-0.25, -0.2) is 0 Å². The van der Waals surface area contributed by atoms with Gasteiger partial charge in [0.15, 0.2) is 0 Å². The van der Waals surface area contributed by atoms with E-state index in [-0.39, 0.29) is 0 Å². The summed E-state index contributed by atoms with van der Waals surface area (Å²) in [7, 11) is 4.26. The Morgan fingerprint density at radius 3 is 2.06 bits per heavy atom. The minimum Gasteiger partial charge on any atom is -0.330 e. The molecule has 0 spiro atoms. The Hall–Kier alpha value is -0.860. The Balaban J connectivity index is 2.99. The summed E-state index contributed by atoms with van der Waals surface area (Å²) >= 11 is 0. The second kappa shape index (κ2) is 6.02. The topological polar surface area (TPSA) is 29.3 Å². The molecule has 1 aromatic carbocycles. The van der Waals surface area contributed by atoms with E-state index < -0.39 is 0 Å². The summed E-state index contributed by atoms with van der Waals surface area (Å²) in [6.45, 7) is 5.23. The molecule has 0 aromatic heterocycles. The van der Waals surface area contributed by atoms with Gasteiger partial charge in [0.1, 0.15) is 0 Å². The van der Waals surface area contributed by atoms with E-state index in [4.69, 9.17) is 5.73 Å². The largest absolute Gasteiger partial charge is 0.330 e. The van der Waals surface area contributed by atoms with E-state index in [2.05, 4.69) is 63.2 Å². The Morgan fingerprint density at radius 2 is 1.69 bits per heavy atom. The van der Waals surface area contributed by atoms with Crippen LogP contribution in [0.3, 0.4) is 0 Å². The molecular formula is C14H24N2. The molecule has 2 heteroatoms. The Bertz CT molecular complexity index is 293. The molecule has 0 aliphatic rings. The van der Waals surface area contributed by atoms with Gasteiger partial charge in [-0.05, 0) is 38.0 Å². The monoisotopic (exact) mass is 220 g/mol. The summed E-state index contributed by atoms with van der Waals surface area (Å²) in [4.78, 5) is 2.27. The number of benzene rings is 1. The molecule has 0 radical (unpaired) electrons. The predicted molar refractivity (Wildman–Crippen MR) is 70.3 cm³/mol. The van der Waals surface area contributed by atoms with E-state index >= 15 is 0 Å². The van der Waals surface area contributed by atoms with Crippen LogP contribution in [0.5, 0.6) is 0 Å². The summed E-state index contributed by atoms with van der Waals surface area (Å²) in [6, 6.07) is 11.0. The zero-order valence-electron chi connectivity index (χ0n) is 10.9. The average molecular weight is 220 g/mol. The maximum absolute atomic E-state index is 5.92. The van der Waals surface area contributed by atoms with Gasteiger partial charge < -0.3 is 10.6 Å². The van der Waals surface area contributed by atoms with E-state index in [1.165, 1.54) is 5.56 Å². The lowest BCUT2D eigenvalue weighted by atomic mass is 9.84. The fourth-order valence-corrected chi connectivity index (χ4v) is 2.34. The van der Waals surface area contributed by atoms with Crippen LogP contribution in [0.25, 0.3) is 0 Å². The molecule has 0 fully saturated rings. The van der Waals surface area contributed by atoms with Crippen LogP contribution in [0.4, 0.5) is 0 Å². The second-order valence-corrected chi connectivity index (χ2v) is 4.96. The van der Waals surface area contributed by atoms with Crippen LogP contribution < -0.4 is 5.73 Å². The van der Waals surface area contributed by atoms with Crippen molar-refractivity contribution in [3.05, 3.63) is 35.9 Å². The maximum Gasteiger partial charge on any atom is 0.0384 e. The van der Waals surface area contributed by atoms with Gasteiger partial charge in [-0.2, -0.15) is 0 Å². The zero-order chi connectivity index (χ0) is 12.1. The Morgan fingerprint density at radius 1 is 1.12 bits per heavy atom. The average Bonchev–Trinajstić information content (AvgIpc) is 2.25. The van der Waals surface area contributed by atoms with E-state index in [0.29, 0.717) is 17.9 Å². The number of rotatable bonds is 5. The van der Waals surface area contributed by atoms with Gasteiger partial charge in [-0.3, -0.25) is 0 Å². The first kappa shape index (κ1) is 13.2. The van der Waals surface area contributed by atoms with Crippen molar-refractivity contribution < 1.29 is 0 Å². The summed E-state index contributed by atoms with van der Waals surface area (Å²) < 4.78 is 0. The normalized spacial score (nSPS) is 15.4. The molecule has 16 heavy (non-hydrogen) atoms. The summed E-state index contributed by atoms with van der Waals surface area (Å²) in [5, 5.41) is 0. The molecule has 2 atom stereocenters. The van der Waals surface area contributed by atoms with Crippen LogP contribution in [-0.4, -0.2) is 25.5 Å². The molecule has 0 saturated heterocycles. The molecule has 2 N–H and O–H groups in total. The second-order valence-electron chi connectivity index (χ2n) is 4.96. The van der Waals surface area contributed by atoms with Gasteiger partial charge in [0.25, 0.3) is 0 Å². The number of nitrogens with two attached hydrogens (primary N) is 1. The number of hydrogen-bond donors (Lipinski definition) is 1. The molecule has 0 aliphatic carbocycles. The highest BCUT2D eigenvalue weighted by Crippen LogP contribution is 2.30. The molecule has 0 heterocycles. The molecule has 1 aromatic rings. The quantitative estimate of drug-likeness (QED) is 0.826. The number of hydrogen-bond acceptors (Lipinski definition) is 2. The van der Waals surface area contributed by atoms with Gasteiger partial charge in [-0.15, -0.1) is 0 Å². The zero-order valence-corrected chi connectivity index (χ0v) is 10.9. The van der Waals surface area contributed by atoms with Crippen molar-refractivity contribution in [2.24, 2.45) is 17.6 Å². The van der Waals surface area contributed by atoms with E-state index in [9.17, 15) is 0 Å². The minimum absolute atomic E-state index is 0.409. The highest BCUT2D eigenvalue weighted by atomic mass is 15.1. The molecule has 2 nitrogen and oxygen atoms in total. The molecule has 1 rings (SSSR count). The van der Waals surface area contributed by atoms with Crippen molar-refractivity contribution in [2.45, 2.75) is 19.9 Å². The van der Waals surface area contributed by atoms with Crippen LogP contribution in [0.1, 0.15) is 25.5 Å². The third kappa shape index (κ3) is 3.06.